The molecule has 0 aromatic carbocycles. The van der Waals surface area contributed by atoms with Gasteiger partial charge in [0.05, 0.1) is 4.22 Å². The van der Waals surface area contributed by atoms with Crippen molar-refractivity contribution >= 4 is 50.7 Å². The average Bonchev–Trinajstić information content (AvgIpc) is 2.32. The van der Waals surface area contributed by atoms with Gasteiger partial charge in [-0.25, -0.2) is 4.99 Å². The predicted molar refractivity (Wildman–Crippen MR) is 73.7 cm³/mol. The summed E-state index contributed by atoms with van der Waals surface area (Å²) in [5.74, 6) is -1.42. The minimum atomic E-state index is -0.742. The molecule has 1 aliphatic heterocycles. The maximum absolute atomic E-state index is 11.8. The molecule has 0 saturated carbocycles. The van der Waals surface area contributed by atoms with Crippen LogP contribution >= 0.6 is 22.6 Å². The molecular formula is C10H11IN4O3. The van der Waals surface area contributed by atoms with Gasteiger partial charge in [-0.1, -0.05) is 0 Å². The molecule has 0 aromatic heterocycles. The third-order valence-electron chi connectivity index (χ3n) is 2.21. The molecule has 0 aliphatic carbocycles. The van der Waals surface area contributed by atoms with Crippen LogP contribution in [0.1, 0.15) is 12.8 Å². The number of amides is 3. The Morgan fingerprint density at radius 1 is 1.56 bits per heavy atom. The Kier molecular flexibility index (Phi) is 5.62. The lowest BCUT2D eigenvalue weighted by Gasteiger charge is -2.21. The van der Waals surface area contributed by atoms with Crippen LogP contribution in [0.25, 0.3) is 0 Å². The van der Waals surface area contributed by atoms with Crippen LogP contribution in [0.15, 0.2) is 16.8 Å². The van der Waals surface area contributed by atoms with Crippen molar-refractivity contribution in [3.05, 3.63) is 11.8 Å². The summed E-state index contributed by atoms with van der Waals surface area (Å²) in [5, 5.41) is 11.5. The fraction of sp³-hybridized carbons (Fsp3) is 0.300. The number of allylic oxidation sites excluding steroid dienone is 1. The number of hydrogen-bond donors (Lipinski definition) is 3. The summed E-state index contributed by atoms with van der Waals surface area (Å²) in [4.78, 5) is 37.9. The molecule has 8 heteroatoms. The number of nitrogens with zero attached hydrogens (tertiary/aromatic N) is 1. The van der Waals surface area contributed by atoms with Gasteiger partial charge < -0.3 is 10.7 Å². The summed E-state index contributed by atoms with van der Waals surface area (Å²) in [6.45, 7) is 0. The highest BCUT2D eigenvalue weighted by Gasteiger charge is 2.28. The Balaban J connectivity index is 2.69. The van der Waals surface area contributed by atoms with Gasteiger partial charge in [0, 0.05) is 12.6 Å². The van der Waals surface area contributed by atoms with Gasteiger partial charge in [0.1, 0.15) is 11.7 Å². The molecule has 96 valence electrons. The van der Waals surface area contributed by atoms with Crippen LogP contribution in [0.4, 0.5) is 0 Å². The van der Waals surface area contributed by atoms with E-state index in [2.05, 4.69) is 15.6 Å². The Labute approximate surface area is 117 Å². The van der Waals surface area contributed by atoms with Gasteiger partial charge in [-0.15, -0.1) is 0 Å². The first-order chi connectivity index (χ1) is 8.58. The molecule has 1 heterocycles. The van der Waals surface area contributed by atoms with Gasteiger partial charge >= 0.3 is 0 Å². The predicted octanol–water partition coefficient (Wildman–Crippen LogP) is -0.0954. The molecule has 0 spiro atoms. The summed E-state index contributed by atoms with van der Waals surface area (Å²) in [6.07, 6.45) is 2.61. The van der Waals surface area contributed by atoms with Crippen molar-refractivity contribution < 1.29 is 14.4 Å². The second-order valence-corrected chi connectivity index (χ2v) is 3.98. The maximum atomic E-state index is 11.8. The smallest absolute Gasteiger partial charge is 0.270 e. The Bertz CT molecular complexity index is 444. The lowest BCUT2D eigenvalue weighted by molar-refractivity contribution is -0.136. The van der Waals surface area contributed by atoms with Crippen molar-refractivity contribution in [3.8, 4) is 0 Å². The quantitative estimate of drug-likeness (QED) is 0.281. The second-order valence-electron chi connectivity index (χ2n) is 3.42. The third kappa shape index (κ3) is 4.02. The van der Waals surface area contributed by atoms with E-state index in [4.69, 9.17) is 5.41 Å². The third-order valence-corrected chi connectivity index (χ3v) is 2.48. The van der Waals surface area contributed by atoms with E-state index in [-0.39, 0.29) is 24.4 Å². The standard InChI is InChI=1S/C10H11IN4O3/c11-5-13-6(3-4-12)9(17)14-7-1-2-8(16)15-10(7)18/h3-5,7,12H,1-2H2,(H,14,17)(H,15,16,18)/b6-3-,12-4?,13-5?. The highest BCUT2D eigenvalue weighted by Crippen LogP contribution is 2.06. The number of rotatable bonds is 4. The van der Waals surface area contributed by atoms with Crippen LogP contribution < -0.4 is 10.6 Å². The topological polar surface area (TPSA) is 111 Å². The fourth-order valence-corrected chi connectivity index (χ4v) is 1.67. The van der Waals surface area contributed by atoms with Crippen LogP contribution in [0, 0.1) is 5.41 Å². The number of aliphatic imine (C=N–C) groups is 1. The van der Waals surface area contributed by atoms with Gasteiger partial charge in [0.25, 0.3) is 5.91 Å². The Hall–Kier alpha value is -1.58. The molecule has 3 N–H and O–H groups in total. The minimum absolute atomic E-state index is 0.0316. The zero-order chi connectivity index (χ0) is 13.5. The van der Waals surface area contributed by atoms with Crippen LogP contribution in [0.3, 0.4) is 0 Å². The Morgan fingerprint density at radius 3 is 2.83 bits per heavy atom. The molecule has 1 saturated heterocycles. The van der Waals surface area contributed by atoms with Crippen molar-refractivity contribution in [2.45, 2.75) is 18.9 Å². The maximum Gasteiger partial charge on any atom is 0.270 e. The highest BCUT2D eigenvalue weighted by molar-refractivity contribution is 14.1. The summed E-state index contributed by atoms with van der Waals surface area (Å²) in [5.41, 5.74) is 0.0316. The molecular weight excluding hydrogens is 351 g/mol. The molecule has 0 radical (unpaired) electrons. The highest BCUT2D eigenvalue weighted by atomic mass is 127. The zero-order valence-corrected chi connectivity index (χ0v) is 11.4. The lowest BCUT2D eigenvalue weighted by atomic mass is 10.1. The molecule has 1 rings (SSSR count). The number of halogens is 1. The Morgan fingerprint density at radius 2 is 2.28 bits per heavy atom. The van der Waals surface area contributed by atoms with E-state index in [0.717, 1.165) is 6.21 Å². The van der Waals surface area contributed by atoms with E-state index in [1.807, 2.05) is 22.6 Å². The number of nitrogens with one attached hydrogen (secondary N) is 3. The van der Waals surface area contributed by atoms with E-state index in [0.29, 0.717) is 0 Å². The molecule has 7 nitrogen and oxygen atoms in total. The van der Waals surface area contributed by atoms with Crippen LogP contribution in [-0.2, 0) is 14.4 Å². The van der Waals surface area contributed by atoms with Crippen LogP contribution in [-0.4, -0.2) is 34.2 Å². The van der Waals surface area contributed by atoms with Gasteiger partial charge in [-0.05, 0) is 35.1 Å². The van der Waals surface area contributed by atoms with Gasteiger partial charge in [0.2, 0.25) is 11.8 Å². The average molecular weight is 362 g/mol. The normalized spacial score (nSPS) is 20.7. The van der Waals surface area contributed by atoms with Crippen molar-refractivity contribution in [2.24, 2.45) is 4.99 Å². The molecule has 0 bridgehead atoms. The summed E-state index contributed by atoms with van der Waals surface area (Å²) < 4.78 is 1.39. The largest absolute Gasteiger partial charge is 0.339 e. The van der Waals surface area contributed by atoms with E-state index < -0.39 is 17.9 Å². The molecule has 18 heavy (non-hydrogen) atoms. The van der Waals surface area contributed by atoms with E-state index in [1.165, 1.54) is 10.3 Å². The fourth-order valence-electron chi connectivity index (χ4n) is 1.37. The SMILES string of the molecule is N=C/C=C(\N=CI)C(=O)NC1CCC(=O)NC1=O. The van der Waals surface area contributed by atoms with E-state index in [9.17, 15) is 14.4 Å². The molecule has 1 atom stereocenters. The summed E-state index contributed by atoms with van der Waals surface area (Å²) in [7, 11) is 0. The number of imide groups is 1. The molecule has 1 aliphatic rings. The minimum Gasteiger partial charge on any atom is -0.339 e. The van der Waals surface area contributed by atoms with Crippen LogP contribution in [0.2, 0.25) is 0 Å². The monoisotopic (exact) mass is 362 g/mol. The first-order valence-electron chi connectivity index (χ1n) is 5.06. The lowest BCUT2D eigenvalue weighted by Crippen LogP contribution is -2.52. The second kappa shape index (κ2) is 6.99. The van der Waals surface area contributed by atoms with Gasteiger partial charge in [0.15, 0.2) is 0 Å². The zero-order valence-electron chi connectivity index (χ0n) is 9.27. The molecule has 3 amide bonds. The van der Waals surface area contributed by atoms with Crippen molar-refractivity contribution in [3.63, 3.8) is 0 Å². The van der Waals surface area contributed by atoms with Crippen molar-refractivity contribution in [1.29, 1.82) is 5.41 Å². The number of hydrogen-bond acceptors (Lipinski definition) is 5. The first kappa shape index (κ1) is 14.5. The number of carbonyl (C=O) groups excluding carboxylic acids is 3. The van der Waals surface area contributed by atoms with Gasteiger partial charge in [-0.2, -0.15) is 0 Å². The van der Waals surface area contributed by atoms with Crippen molar-refractivity contribution in [2.75, 3.05) is 0 Å². The van der Waals surface area contributed by atoms with E-state index >= 15 is 0 Å². The van der Waals surface area contributed by atoms with Crippen LogP contribution in [0.5, 0.6) is 0 Å². The molecule has 1 unspecified atom stereocenters. The van der Waals surface area contributed by atoms with Crippen molar-refractivity contribution in [1.82, 2.24) is 10.6 Å². The summed E-state index contributed by atoms with van der Waals surface area (Å²) in [6, 6.07) is -0.742. The van der Waals surface area contributed by atoms with Gasteiger partial charge in [-0.3, -0.25) is 19.7 Å². The molecule has 0 aromatic rings. The van der Waals surface area contributed by atoms with E-state index in [1.54, 1.807) is 0 Å². The number of piperidine rings is 1. The number of carbonyl (C=O) groups is 3. The first-order valence-corrected chi connectivity index (χ1v) is 6.31. The summed E-state index contributed by atoms with van der Waals surface area (Å²) >= 11 is 1.84. The molecule has 1 fully saturated rings.